The molecular formula is C88H59N7. The van der Waals surface area contributed by atoms with Crippen molar-refractivity contribution in [1.29, 1.82) is 0 Å². The third-order valence-electron chi connectivity index (χ3n) is 18.8. The molecule has 0 aliphatic heterocycles. The fourth-order valence-corrected chi connectivity index (χ4v) is 14.4. The molecule has 0 bridgehead atoms. The first-order chi connectivity index (χ1) is 46.9. The van der Waals surface area contributed by atoms with Crippen LogP contribution in [0.4, 0.5) is 0 Å². The van der Waals surface area contributed by atoms with Crippen LogP contribution in [0.5, 0.6) is 0 Å². The Labute approximate surface area is 549 Å². The van der Waals surface area contributed by atoms with Crippen molar-refractivity contribution in [2.45, 2.75) is 13.8 Å². The van der Waals surface area contributed by atoms with Gasteiger partial charge in [-0.2, -0.15) is 0 Å². The van der Waals surface area contributed by atoms with Gasteiger partial charge >= 0.3 is 0 Å². The first-order valence-electron chi connectivity index (χ1n) is 32.4. The molecule has 446 valence electrons. The second-order valence-corrected chi connectivity index (χ2v) is 24.7. The average Bonchev–Trinajstić information content (AvgIpc) is 1.58. The minimum atomic E-state index is 0.606. The van der Waals surface area contributed by atoms with E-state index in [0.29, 0.717) is 11.6 Å². The Kier molecular flexibility index (Phi) is 13.2. The molecule has 0 atom stereocenters. The van der Waals surface area contributed by atoms with Gasteiger partial charge in [-0.1, -0.05) is 254 Å². The molecule has 5 heterocycles. The topological polar surface area (TPSA) is 66.3 Å². The fraction of sp³-hybridized carbons (Fsp3) is 0.0227. The standard InChI is InChI=1S/C88H59N7/c1-56-41-45-80-68(49-56)66-37-21-23-39-78(66)93(80)84-72(76-54-74(60-29-13-5-14-30-60)89-87(91-76)62-33-17-7-18-34-62)53-73(77-55-75(61-31-15-6-16-32-61)90-88(92-77)63-35-19-8-20-36-63)85(94-79-40-24-22-38-67(79)69-50-57(2)42-46-81(69)94)86(84)95-82-47-43-64(58-25-9-3-10-26-58)51-70(82)71-52-65(44-48-83(71)95)59-27-11-4-12-28-59/h3-55H,1-2H3. The van der Waals surface area contributed by atoms with Gasteiger partial charge in [0.1, 0.15) is 0 Å². The number of para-hydroxylation sites is 2. The predicted octanol–water partition coefficient (Wildman–Crippen LogP) is 22.5. The fourth-order valence-electron chi connectivity index (χ4n) is 14.4. The molecule has 0 fully saturated rings. The normalized spacial score (nSPS) is 11.7. The SMILES string of the molecule is Cc1ccc2c(c1)c1ccccc1n2-c1c(-c2cc(-c3ccccc3)nc(-c3ccccc3)n2)cc(-c2cc(-c3ccccc3)nc(-c3ccccc3)n2)c(-n2c3ccccc3c3cc(C)ccc32)c1-n1c2ccc(-c3ccccc3)cc2c2cc(-c3ccccc3)ccc21. The van der Waals surface area contributed by atoms with E-state index in [2.05, 4.69) is 337 Å². The molecule has 0 spiro atoms. The smallest absolute Gasteiger partial charge is 0.160 e. The van der Waals surface area contributed by atoms with E-state index < -0.39 is 0 Å². The molecule has 13 aromatic carbocycles. The van der Waals surface area contributed by atoms with E-state index in [0.717, 1.165) is 161 Å². The van der Waals surface area contributed by atoms with Crippen LogP contribution in [0.25, 0.3) is 173 Å². The molecule has 18 rings (SSSR count). The molecule has 7 heteroatoms. The Bertz CT molecular complexity index is 5530. The van der Waals surface area contributed by atoms with Gasteiger partial charge in [0.05, 0.1) is 72.9 Å². The molecule has 5 aromatic heterocycles. The van der Waals surface area contributed by atoms with Crippen molar-refractivity contribution in [2.24, 2.45) is 0 Å². The molecule has 0 aliphatic carbocycles. The van der Waals surface area contributed by atoms with Gasteiger partial charge in [-0.25, -0.2) is 19.9 Å². The highest BCUT2D eigenvalue weighted by atomic mass is 15.1. The molecular weight excluding hydrogens is 1160 g/mol. The van der Waals surface area contributed by atoms with Crippen molar-refractivity contribution in [3.05, 3.63) is 333 Å². The molecule has 0 unspecified atom stereocenters. The Morgan fingerprint density at radius 3 is 0.884 bits per heavy atom. The first-order valence-corrected chi connectivity index (χ1v) is 32.4. The Morgan fingerprint density at radius 2 is 0.495 bits per heavy atom. The summed E-state index contributed by atoms with van der Waals surface area (Å²) in [5, 5.41) is 6.78. The average molecular weight is 1210 g/mol. The van der Waals surface area contributed by atoms with Gasteiger partial charge in [0.15, 0.2) is 11.6 Å². The maximum Gasteiger partial charge on any atom is 0.160 e. The van der Waals surface area contributed by atoms with Gasteiger partial charge in [0.25, 0.3) is 0 Å². The number of benzene rings is 13. The van der Waals surface area contributed by atoms with Crippen LogP contribution in [0.15, 0.2) is 322 Å². The van der Waals surface area contributed by atoms with Crippen LogP contribution in [0.1, 0.15) is 11.1 Å². The van der Waals surface area contributed by atoms with E-state index in [-0.39, 0.29) is 0 Å². The summed E-state index contributed by atoms with van der Waals surface area (Å²) in [6, 6.07) is 116. The molecule has 0 aliphatic rings. The van der Waals surface area contributed by atoms with Crippen LogP contribution < -0.4 is 0 Å². The summed E-state index contributed by atoms with van der Waals surface area (Å²) >= 11 is 0. The molecule has 95 heavy (non-hydrogen) atoms. The largest absolute Gasteiger partial charge is 0.306 e. The molecule has 0 saturated carbocycles. The van der Waals surface area contributed by atoms with Crippen molar-refractivity contribution < 1.29 is 0 Å². The zero-order valence-electron chi connectivity index (χ0n) is 52.2. The zero-order valence-corrected chi connectivity index (χ0v) is 52.2. The van der Waals surface area contributed by atoms with Crippen molar-refractivity contribution in [3.63, 3.8) is 0 Å². The van der Waals surface area contributed by atoms with Crippen LogP contribution >= 0.6 is 0 Å². The number of rotatable bonds is 11. The zero-order chi connectivity index (χ0) is 63.1. The maximum atomic E-state index is 5.88. The van der Waals surface area contributed by atoms with Gasteiger partial charge in [0, 0.05) is 65.7 Å². The first kappa shape index (κ1) is 55.3. The maximum absolute atomic E-state index is 5.88. The summed E-state index contributed by atoms with van der Waals surface area (Å²) in [5.74, 6) is 1.21. The molecule has 7 nitrogen and oxygen atoms in total. The van der Waals surface area contributed by atoms with E-state index in [9.17, 15) is 0 Å². The van der Waals surface area contributed by atoms with Crippen LogP contribution in [0, 0.1) is 13.8 Å². The number of aromatic nitrogens is 7. The van der Waals surface area contributed by atoms with E-state index in [1.165, 1.54) is 11.1 Å². The minimum Gasteiger partial charge on any atom is -0.306 e. The summed E-state index contributed by atoms with van der Waals surface area (Å²) in [4.78, 5) is 22.7. The van der Waals surface area contributed by atoms with Crippen LogP contribution in [-0.4, -0.2) is 33.6 Å². The van der Waals surface area contributed by atoms with Crippen molar-refractivity contribution in [3.8, 4) is 107 Å². The molecule has 0 radical (unpaired) electrons. The highest BCUT2D eigenvalue weighted by Gasteiger charge is 2.33. The van der Waals surface area contributed by atoms with E-state index in [1.807, 2.05) is 12.1 Å². The van der Waals surface area contributed by atoms with Gasteiger partial charge in [-0.15, -0.1) is 0 Å². The predicted molar refractivity (Wildman–Crippen MR) is 394 cm³/mol. The van der Waals surface area contributed by atoms with Gasteiger partial charge in [-0.3, -0.25) is 0 Å². The Hall–Kier alpha value is -12.6. The lowest BCUT2D eigenvalue weighted by Gasteiger charge is -2.27. The molecule has 0 N–H and O–H groups in total. The van der Waals surface area contributed by atoms with E-state index in [4.69, 9.17) is 19.9 Å². The van der Waals surface area contributed by atoms with Gasteiger partial charge in [0.2, 0.25) is 0 Å². The number of nitrogens with zero attached hydrogens (tertiary/aromatic N) is 7. The third kappa shape index (κ3) is 9.43. The van der Waals surface area contributed by atoms with Crippen LogP contribution in [0.2, 0.25) is 0 Å². The van der Waals surface area contributed by atoms with Crippen LogP contribution in [-0.2, 0) is 0 Å². The Balaban J connectivity index is 1.13. The number of fused-ring (bicyclic) bond motifs is 9. The second-order valence-electron chi connectivity index (χ2n) is 24.7. The highest BCUT2D eigenvalue weighted by molar-refractivity contribution is 6.17. The van der Waals surface area contributed by atoms with Crippen LogP contribution in [0.3, 0.4) is 0 Å². The monoisotopic (exact) mass is 1210 g/mol. The van der Waals surface area contributed by atoms with Crippen molar-refractivity contribution in [2.75, 3.05) is 0 Å². The third-order valence-corrected chi connectivity index (χ3v) is 18.8. The van der Waals surface area contributed by atoms with Gasteiger partial charge < -0.3 is 13.7 Å². The summed E-state index contributed by atoms with van der Waals surface area (Å²) in [6.07, 6.45) is 0. The molecule has 18 aromatic rings. The lowest BCUT2D eigenvalue weighted by Crippen LogP contribution is -2.13. The summed E-state index contributed by atoms with van der Waals surface area (Å²) in [5.41, 5.74) is 24.4. The Morgan fingerprint density at radius 1 is 0.200 bits per heavy atom. The quantitative estimate of drug-likeness (QED) is 0.129. The molecule has 0 saturated heterocycles. The summed E-state index contributed by atoms with van der Waals surface area (Å²) in [6.45, 7) is 4.38. The second kappa shape index (κ2) is 22.7. The summed E-state index contributed by atoms with van der Waals surface area (Å²) in [7, 11) is 0. The van der Waals surface area contributed by atoms with Crippen molar-refractivity contribution in [1.82, 2.24) is 33.6 Å². The lowest BCUT2D eigenvalue weighted by atomic mass is 9.95. The summed E-state index contributed by atoms with van der Waals surface area (Å²) < 4.78 is 7.64. The number of hydrogen-bond acceptors (Lipinski definition) is 4. The van der Waals surface area contributed by atoms with E-state index >= 15 is 0 Å². The number of aryl methyl sites for hydroxylation is 2. The minimum absolute atomic E-state index is 0.606. The van der Waals surface area contributed by atoms with E-state index in [1.54, 1.807) is 0 Å². The lowest BCUT2D eigenvalue weighted by molar-refractivity contribution is 1.05. The molecule has 0 amide bonds. The number of hydrogen-bond donors (Lipinski definition) is 0. The van der Waals surface area contributed by atoms with Crippen molar-refractivity contribution >= 4 is 65.4 Å². The van der Waals surface area contributed by atoms with Gasteiger partial charge in [-0.05, 0) is 115 Å². The highest BCUT2D eigenvalue weighted by Crippen LogP contribution is 2.51.